The second-order valence-electron chi connectivity index (χ2n) is 3.18. The summed E-state index contributed by atoms with van der Waals surface area (Å²) in [6.07, 6.45) is 1.96. The average molecular weight is 155 g/mol. The minimum absolute atomic E-state index is 0.212. The SMILES string of the molecule is C[C@@H]1CC[n+]2[nH]oc(=O)c2C1. The van der Waals surface area contributed by atoms with Crippen molar-refractivity contribution in [2.75, 3.05) is 0 Å². The molecular weight excluding hydrogens is 144 g/mol. The Morgan fingerprint density at radius 3 is 3.36 bits per heavy atom. The molecule has 1 aromatic heterocycles. The lowest BCUT2D eigenvalue weighted by Crippen LogP contribution is -2.45. The Kier molecular flexibility index (Phi) is 1.34. The van der Waals surface area contributed by atoms with Gasteiger partial charge in [0.15, 0.2) is 6.54 Å². The van der Waals surface area contributed by atoms with Crippen LogP contribution in [0.2, 0.25) is 0 Å². The predicted molar refractivity (Wildman–Crippen MR) is 37.0 cm³/mol. The summed E-state index contributed by atoms with van der Waals surface area (Å²) in [6.45, 7) is 3.03. The van der Waals surface area contributed by atoms with E-state index in [1.54, 1.807) is 4.68 Å². The van der Waals surface area contributed by atoms with Crippen LogP contribution < -0.4 is 10.3 Å². The van der Waals surface area contributed by atoms with E-state index in [-0.39, 0.29) is 5.63 Å². The van der Waals surface area contributed by atoms with Crippen LogP contribution in [0.25, 0.3) is 0 Å². The molecule has 1 aromatic rings. The van der Waals surface area contributed by atoms with Gasteiger partial charge in [0.2, 0.25) is 0 Å². The largest absolute Gasteiger partial charge is 0.429 e. The number of nitrogens with zero attached hydrogens (tertiary/aromatic N) is 1. The smallest absolute Gasteiger partial charge is 0.283 e. The topological polar surface area (TPSA) is 49.9 Å². The fraction of sp³-hybridized carbons (Fsp3) is 0.714. The highest BCUT2D eigenvalue weighted by atomic mass is 16.5. The van der Waals surface area contributed by atoms with Gasteiger partial charge in [0.05, 0.1) is 0 Å². The summed E-state index contributed by atoms with van der Waals surface area (Å²) in [5, 5.41) is 2.58. The zero-order chi connectivity index (χ0) is 7.84. The maximum Gasteiger partial charge on any atom is 0.429 e. The van der Waals surface area contributed by atoms with Crippen molar-refractivity contribution >= 4 is 0 Å². The van der Waals surface area contributed by atoms with Gasteiger partial charge in [-0.05, 0) is 11.2 Å². The maximum atomic E-state index is 11.0. The van der Waals surface area contributed by atoms with Crippen molar-refractivity contribution in [3.05, 3.63) is 16.1 Å². The van der Waals surface area contributed by atoms with Crippen LogP contribution in [0.4, 0.5) is 0 Å². The van der Waals surface area contributed by atoms with Gasteiger partial charge in [-0.25, -0.2) is 4.79 Å². The zero-order valence-electron chi connectivity index (χ0n) is 6.46. The molecule has 0 saturated carbocycles. The van der Waals surface area contributed by atoms with E-state index < -0.39 is 0 Å². The first-order valence-electron chi connectivity index (χ1n) is 3.87. The van der Waals surface area contributed by atoms with Gasteiger partial charge in [0, 0.05) is 12.8 Å². The van der Waals surface area contributed by atoms with E-state index >= 15 is 0 Å². The van der Waals surface area contributed by atoms with Crippen LogP contribution >= 0.6 is 0 Å². The molecule has 60 valence electrons. The van der Waals surface area contributed by atoms with Gasteiger partial charge in [-0.3, -0.25) is 4.52 Å². The highest BCUT2D eigenvalue weighted by Crippen LogP contribution is 2.10. The third-order valence-electron chi connectivity index (χ3n) is 2.20. The Morgan fingerprint density at radius 1 is 1.73 bits per heavy atom. The Hall–Kier alpha value is -1.06. The normalized spacial score (nSPS) is 23.2. The van der Waals surface area contributed by atoms with Gasteiger partial charge in [-0.1, -0.05) is 11.6 Å². The fourth-order valence-electron chi connectivity index (χ4n) is 1.48. The highest BCUT2D eigenvalue weighted by molar-refractivity contribution is 4.86. The molecule has 0 bridgehead atoms. The van der Waals surface area contributed by atoms with Crippen molar-refractivity contribution in [2.24, 2.45) is 5.92 Å². The van der Waals surface area contributed by atoms with E-state index in [0.717, 1.165) is 25.1 Å². The number of fused-ring (bicyclic) bond motifs is 1. The molecule has 1 aliphatic rings. The lowest BCUT2D eigenvalue weighted by molar-refractivity contribution is -0.773. The number of aryl methyl sites for hydroxylation is 1. The summed E-state index contributed by atoms with van der Waals surface area (Å²) in [7, 11) is 0. The van der Waals surface area contributed by atoms with Crippen LogP contribution in [0.1, 0.15) is 19.0 Å². The van der Waals surface area contributed by atoms with Gasteiger partial charge in [-0.2, -0.15) is 0 Å². The minimum atomic E-state index is -0.212. The number of H-pyrrole nitrogens is 1. The van der Waals surface area contributed by atoms with Gasteiger partial charge >= 0.3 is 5.63 Å². The van der Waals surface area contributed by atoms with E-state index in [1.165, 1.54) is 0 Å². The molecular formula is C7H11N2O2+. The molecule has 1 aliphatic heterocycles. The molecule has 1 N–H and O–H groups in total. The van der Waals surface area contributed by atoms with E-state index in [4.69, 9.17) is 0 Å². The van der Waals surface area contributed by atoms with E-state index in [9.17, 15) is 4.79 Å². The molecule has 0 radical (unpaired) electrons. The van der Waals surface area contributed by atoms with Crippen molar-refractivity contribution in [3.63, 3.8) is 0 Å². The van der Waals surface area contributed by atoms with Gasteiger partial charge in [0.1, 0.15) is 0 Å². The molecule has 1 atom stereocenters. The molecule has 2 heterocycles. The maximum absolute atomic E-state index is 11.0. The van der Waals surface area contributed by atoms with Crippen LogP contribution in [0.3, 0.4) is 0 Å². The van der Waals surface area contributed by atoms with Gasteiger partial charge in [-0.15, -0.1) is 0 Å². The zero-order valence-corrected chi connectivity index (χ0v) is 6.46. The Labute approximate surface area is 63.8 Å². The van der Waals surface area contributed by atoms with Gasteiger partial charge in [0.25, 0.3) is 5.69 Å². The molecule has 11 heavy (non-hydrogen) atoms. The van der Waals surface area contributed by atoms with Gasteiger partial charge < -0.3 is 0 Å². The van der Waals surface area contributed by atoms with Crippen LogP contribution in [0.15, 0.2) is 9.32 Å². The first kappa shape index (κ1) is 6.64. The first-order chi connectivity index (χ1) is 5.27. The van der Waals surface area contributed by atoms with Crippen LogP contribution in [0.5, 0.6) is 0 Å². The summed E-state index contributed by atoms with van der Waals surface area (Å²) in [5.74, 6) is 0.605. The van der Waals surface area contributed by atoms with Crippen molar-refractivity contribution in [1.29, 1.82) is 0 Å². The van der Waals surface area contributed by atoms with E-state index in [1.807, 2.05) is 0 Å². The molecule has 0 aromatic carbocycles. The quantitative estimate of drug-likeness (QED) is 0.529. The minimum Gasteiger partial charge on any atom is -0.283 e. The Morgan fingerprint density at radius 2 is 2.55 bits per heavy atom. The predicted octanol–water partition coefficient (Wildman–Crippen LogP) is -0.162. The first-order valence-corrected chi connectivity index (χ1v) is 3.87. The number of nitrogens with one attached hydrogen (secondary N) is 1. The van der Waals surface area contributed by atoms with Crippen LogP contribution in [0, 0.1) is 5.92 Å². The van der Waals surface area contributed by atoms with Crippen molar-refractivity contribution in [1.82, 2.24) is 5.27 Å². The van der Waals surface area contributed by atoms with Crippen molar-refractivity contribution < 1.29 is 9.20 Å². The highest BCUT2D eigenvalue weighted by Gasteiger charge is 2.28. The molecule has 2 rings (SSSR count). The molecule has 4 heteroatoms. The molecule has 0 amide bonds. The number of hydrogen-bond donors (Lipinski definition) is 1. The second kappa shape index (κ2) is 2.22. The van der Waals surface area contributed by atoms with E-state index in [2.05, 4.69) is 16.7 Å². The standard InChI is InChI=1S/C7H10N2O2/c1-5-2-3-9-6(4-5)7(10)11-8-9/h5H,2-4H2,1H3/p+1/t5-/m1/s1. The molecule has 0 spiro atoms. The Bertz CT molecular complexity index is 312. The van der Waals surface area contributed by atoms with Crippen molar-refractivity contribution in [2.45, 2.75) is 26.3 Å². The summed E-state index contributed by atoms with van der Waals surface area (Å²) >= 11 is 0. The number of aromatic nitrogens is 2. The molecule has 0 unspecified atom stereocenters. The molecule has 0 aliphatic carbocycles. The number of rotatable bonds is 0. The van der Waals surface area contributed by atoms with Crippen LogP contribution in [-0.4, -0.2) is 5.27 Å². The van der Waals surface area contributed by atoms with Crippen LogP contribution in [-0.2, 0) is 13.0 Å². The lowest BCUT2D eigenvalue weighted by atomic mass is 9.99. The third-order valence-corrected chi connectivity index (χ3v) is 2.20. The molecule has 0 saturated heterocycles. The monoisotopic (exact) mass is 155 g/mol. The number of aromatic amines is 1. The summed E-state index contributed by atoms with van der Waals surface area (Å²) in [4.78, 5) is 11.0. The summed E-state index contributed by atoms with van der Waals surface area (Å²) in [6, 6.07) is 0. The molecule has 4 nitrogen and oxygen atoms in total. The average Bonchev–Trinajstić information content (AvgIpc) is 2.33. The third kappa shape index (κ3) is 0.982. The van der Waals surface area contributed by atoms with E-state index in [0.29, 0.717) is 5.92 Å². The summed E-state index contributed by atoms with van der Waals surface area (Å²) < 4.78 is 6.44. The fourth-order valence-corrected chi connectivity index (χ4v) is 1.48. The lowest BCUT2D eigenvalue weighted by Gasteiger charge is -2.09. The van der Waals surface area contributed by atoms with Crippen molar-refractivity contribution in [3.8, 4) is 0 Å². The number of hydrogen-bond acceptors (Lipinski definition) is 2. The Balaban J connectivity index is 2.45. The summed E-state index contributed by atoms with van der Waals surface area (Å²) in [5.41, 5.74) is 0.570. The molecule has 0 fully saturated rings. The second-order valence-corrected chi connectivity index (χ2v) is 3.18.